The second kappa shape index (κ2) is 19.5. The summed E-state index contributed by atoms with van der Waals surface area (Å²) in [5.41, 5.74) is 2.40. The number of carbonyl (C=O) groups is 1. The van der Waals surface area contributed by atoms with E-state index < -0.39 is 0 Å². The summed E-state index contributed by atoms with van der Waals surface area (Å²) in [7, 11) is 1.79. The third-order valence-electron chi connectivity index (χ3n) is 6.20. The first-order valence-electron chi connectivity index (χ1n) is 13.9. The molecule has 7 heteroatoms. The van der Waals surface area contributed by atoms with Crippen LogP contribution in [0.4, 0.5) is 0 Å². The first kappa shape index (κ1) is 31.3. The molecule has 1 saturated heterocycles. The maximum Gasteiger partial charge on any atom is 0.249 e. The summed E-state index contributed by atoms with van der Waals surface area (Å²) in [5.74, 6) is 1.44. The summed E-state index contributed by atoms with van der Waals surface area (Å²) in [6.07, 6.45) is 10.9. The molecule has 1 aliphatic heterocycles. The van der Waals surface area contributed by atoms with Gasteiger partial charge in [-0.1, -0.05) is 53.4 Å². The number of allylic oxidation sites excluding steroid dienone is 1. The van der Waals surface area contributed by atoms with Gasteiger partial charge in [-0.15, -0.1) is 0 Å². The second-order valence-corrected chi connectivity index (χ2v) is 10.4. The van der Waals surface area contributed by atoms with Crippen molar-refractivity contribution in [1.29, 1.82) is 0 Å². The largest absolute Gasteiger partial charge is 0.379 e. The highest BCUT2D eigenvalue weighted by Crippen LogP contribution is 2.22. The first-order valence-corrected chi connectivity index (χ1v) is 13.9. The minimum atomic E-state index is -0.00829. The van der Waals surface area contributed by atoms with E-state index in [9.17, 15) is 4.79 Å². The summed E-state index contributed by atoms with van der Waals surface area (Å²) < 4.78 is 5.39. The van der Waals surface area contributed by atoms with E-state index in [1.54, 1.807) is 13.4 Å². The number of carbonyl (C=O) groups excluding carboxylic acids is 1. The van der Waals surface area contributed by atoms with Gasteiger partial charge >= 0.3 is 0 Å². The quantitative estimate of drug-likeness (QED) is 0.177. The summed E-state index contributed by atoms with van der Waals surface area (Å²) in [6, 6.07) is 0. The molecule has 2 fully saturated rings. The van der Waals surface area contributed by atoms with E-state index in [1.807, 2.05) is 6.92 Å². The van der Waals surface area contributed by atoms with Crippen LogP contribution in [-0.2, 0) is 9.53 Å². The van der Waals surface area contributed by atoms with E-state index in [0.29, 0.717) is 11.5 Å². The Morgan fingerprint density at radius 1 is 1.14 bits per heavy atom. The number of rotatable bonds is 12. The Balaban J connectivity index is 0.00000142. The van der Waals surface area contributed by atoms with Crippen LogP contribution in [0.15, 0.2) is 21.3 Å². The lowest BCUT2D eigenvalue weighted by Crippen LogP contribution is -2.37. The summed E-state index contributed by atoms with van der Waals surface area (Å²) in [5, 5.41) is 6.42. The molecule has 0 aromatic carbocycles. The van der Waals surface area contributed by atoms with Crippen molar-refractivity contribution in [2.45, 2.75) is 86.0 Å². The first-order chi connectivity index (χ1) is 16.9. The predicted octanol–water partition coefficient (Wildman–Crippen LogP) is 4.83. The normalized spacial score (nSPS) is 18.8. The fraction of sp³-hybridized carbons (Fsp3) is 0.821. The third-order valence-corrected chi connectivity index (χ3v) is 6.20. The molecule has 1 amide bonds. The van der Waals surface area contributed by atoms with Crippen LogP contribution in [0.2, 0.25) is 0 Å². The monoisotopic (exact) mass is 491 g/mol. The van der Waals surface area contributed by atoms with Crippen LogP contribution in [0.1, 0.15) is 86.0 Å². The maximum atomic E-state index is 12.8. The molecule has 0 radical (unpaired) electrons. The number of amides is 1. The van der Waals surface area contributed by atoms with Crippen LogP contribution < -0.4 is 10.6 Å². The molecule has 2 aliphatic rings. The Hall–Kier alpha value is -1.73. The fourth-order valence-electron chi connectivity index (χ4n) is 4.25. The van der Waals surface area contributed by atoms with Crippen LogP contribution in [0.3, 0.4) is 0 Å². The molecule has 7 nitrogen and oxygen atoms in total. The number of nitrogens with zero attached hydrogens (tertiary/aromatic N) is 3. The molecule has 0 spiro atoms. The Labute approximate surface area is 215 Å². The van der Waals surface area contributed by atoms with Crippen LogP contribution in [0.5, 0.6) is 0 Å². The van der Waals surface area contributed by atoms with Gasteiger partial charge in [-0.05, 0) is 44.4 Å². The van der Waals surface area contributed by atoms with Gasteiger partial charge in [0.1, 0.15) is 0 Å². The lowest BCUT2D eigenvalue weighted by atomic mass is 9.89. The average molecular weight is 492 g/mol. The van der Waals surface area contributed by atoms with Crippen LogP contribution in [0.25, 0.3) is 0 Å². The SMILES string of the molecule is CC(C)C.CCCC(=NC)/C(NC=NCCCN1CCOCC1)=C(\C)C(=O)NCC1CCCCC1. The molecule has 0 atom stereocenters. The van der Waals surface area contributed by atoms with Crippen molar-refractivity contribution in [1.82, 2.24) is 15.5 Å². The molecule has 0 unspecified atom stereocenters. The minimum absolute atomic E-state index is 0.00829. The van der Waals surface area contributed by atoms with E-state index in [4.69, 9.17) is 4.74 Å². The van der Waals surface area contributed by atoms with E-state index in [0.717, 1.165) is 82.5 Å². The molecule has 35 heavy (non-hydrogen) atoms. The lowest BCUT2D eigenvalue weighted by Gasteiger charge is -2.26. The Morgan fingerprint density at radius 3 is 2.40 bits per heavy atom. The minimum Gasteiger partial charge on any atom is -0.379 e. The van der Waals surface area contributed by atoms with E-state index in [2.05, 4.69) is 53.2 Å². The topological polar surface area (TPSA) is 78.3 Å². The van der Waals surface area contributed by atoms with Gasteiger partial charge in [-0.25, -0.2) is 0 Å². The maximum absolute atomic E-state index is 12.8. The lowest BCUT2D eigenvalue weighted by molar-refractivity contribution is -0.117. The highest BCUT2D eigenvalue weighted by molar-refractivity contribution is 6.08. The van der Waals surface area contributed by atoms with Gasteiger partial charge in [-0.3, -0.25) is 19.7 Å². The van der Waals surface area contributed by atoms with Crippen molar-refractivity contribution in [2.75, 3.05) is 53.0 Å². The van der Waals surface area contributed by atoms with Gasteiger partial charge in [0.2, 0.25) is 5.91 Å². The number of morpholine rings is 1. The van der Waals surface area contributed by atoms with E-state index in [-0.39, 0.29) is 5.91 Å². The number of nitrogens with one attached hydrogen (secondary N) is 2. The molecule has 0 aromatic rings. The Bertz CT molecular complexity index is 658. The molecule has 1 saturated carbocycles. The van der Waals surface area contributed by atoms with Crippen molar-refractivity contribution >= 4 is 18.0 Å². The Morgan fingerprint density at radius 2 is 1.80 bits per heavy atom. The fourth-order valence-corrected chi connectivity index (χ4v) is 4.25. The zero-order chi connectivity index (χ0) is 25.9. The predicted molar refractivity (Wildman–Crippen MR) is 149 cm³/mol. The third kappa shape index (κ3) is 14.4. The smallest absolute Gasteiger partial charge is 0.249 e. The number of ether oxygens (including phenoxy) is 1. The van der Waals surface area contributed by atoms with Gasteiger partial charge in [0.25, 0.3) is 0 Å². The highest BCUT2D eigenvalue weighted by atomic mass is 16.5. The summed E-state index contributed by atoms with van der Waals surface area (Å²) in [6.45, 7) is 16.8. The van der Waals surface area contributed by atoms with Crippen molar-refractivity contribution in [3.63, 3.8) is 0 Å². The molecular formula is C28H53N5O2. The van der Waals surface area contributed by atoms with Gasteiger partial charge in [0.05, 0.1) is 31.0 Å². The van der Waals surface area contributed by atoms with E-state index >= 15 is 0 Å². The van der Waals surface area contributed by atoms with Crippen molar-refractivity contribution < 1.29 is 9.53 Å². The van der Waals surface area contributed by atoms with Gasteiger partial charge in [0.15, 0.2) is 0 Å². The average Bonchev–Trinajstić information content (AvgIpc) is 2.86. The summed E-state index contributed by atoms with van der Waals surface area (Å²) in [4.78, 5) is 24.2. The molecule has 1 heterocycles. The van der Waals surface area contributed by atoms with Crippen LogP contribution in [-0.4, -0.2) is 75.8 Å². The zero-order valence-electron chi connectivity index (χ0n) is 23.5. The van der Waals surface area contributed by atoms with E-state index in [1.165, 1.54) is 32.1 Å². The Kier molecular flexibility index (Phi) is 17.4. The van der Waals surface area contributed by atoms with Crippen molar-refractivity contribution in [2.24, 2.45) is 21.8 Å². The molecule has 0 bridgehead atoms. The van der Waals surface area contributed by atoms with Crippen LogP contribution in [0, 0.1) is 11.8 Å². The molecule has 2 N–H and O–H groups in total. The second-order valence-electron chi connectivity index (χ2n) is 10.4. The number of aliphatic imine (C=N–C) groups is 2. The van der Waals surface area contributed by atoms with Crippen LogP contribution >= 0.6 is 0 Å². The standard InChI is InChI=1S/C24H43N5O2.C4H10/c1-4-9-22(25-3)23(20(2)24(30)27-18-21-10-6-5-7-11-21)28-19-26-12-8-13-29-14-16-31-17-15-29;1-4(2)3/h19,21H,4-18H2,1-3H3,(H,26,28)(H,27,30);4H,1-3H3/b23-20-,25-22?;. The molecule has 0 aromatic heterocycles. The zero-order valence-corrected chi connectivity index (χ0v) is 23.5. The molecular weight excluding hydrogens is 438 g/mol. The van der Waals surface area contributed by atoms with Gasteiger partial charge in [-0.2, -0.15) is 0 Å². The van der Waals surface area contributed by atoms with Crippen molar-refractivity contribution in [3.8, 4) is 0 Å². The molecule has 2 rings (SSSR count). The number of hydrogen-bond donors (Lipinski definition) is 2. The molecule has 202 valence electrons. The highest BCUT2D eigenvalue weighted by Gasteiger charge is 2.18. The van der Waals surface area contributed by atoms with Crippen molar-refractivity contribution in [3.05, 3.63) is 11.3 Å². The number of hydrogen-bond acceptors (Lipinski definition) is 5. The van der Waals surface area contributed by atoms with Gasteiger partial charge in [0, 0.05) is 45.3 Å². The van der Waals surface area contributed by atoms with Gasteiger partial charge < -0.3 is 15.4 Å². The molecule has 1 aliphatic carbocycles. The summed E-state index contributed by atoms with van der Waals surface area (Å²) >= 11 is 0.